The molecule has 2 N–H and O–H groups in total. The molecular formula is C13H9N3O3. The minimum atomic E-state index is -0.498. The van der Waals surface area contributed by atoms with E-state index in [-0.39, 0.29) is 11.5 Å². The van der Waals surface area contributed by atoms with Gasteiger partial charge < -0.3 is 9.73 Å². The zero-order valence-electron chi connectivity index (χ0n) is 9.71. The number of anilines is 1. The fourth-order valence-electron chi connectivity index (χ4n) is 1.73. The predicted molar refractivity (Wildman–Crippen MR) is 69.0 cm³/mol. The summed E-state index contributed by atoms with van der Waals surface area (Å²) in [5.41, 5.74) is 0.589. The molecule has 94 valence electrons. The van der Waals surface area contributed by atoms with Crippen molar-refractivity contribution in [2.24, 2.45) is 0 Å². The fourth-order valence-corrected chi connectivity index (χ4v) is 1.73. The number of para-hydroxylation sites is 1. The van der Waals surface area contributed by atoms with Gasteiger partial charge in [-0.2, -0.15) is 5.10 Å². The Bertz CT molecular complexity index is 784. The van der Waals surface area contributed by atoms with Gasteiger partial charge in [0.05, 0.1) is 11.1 Å². The van der Waals surface area contributed by atoms with Crippen LogP contribution in [0.15, 0.2) is 51.9 Å². The van der Waals surface area contributed by atoms with Crippen molar-refractivity contribution >= 4 is 22.6 Å². The van der Waals surface area contributed by atoms with Crippen LogP contribution in [0.1, 0.15) is 10.4 Å². The molecule has 19 heavy (non-hydrogen) atoms. The third-order valence-corrected chi connectivity index (χ3v) is 2.67. The lowest BCUT2D eigenvalue weighted by molar-refractivity contribution is 0.102. The third-order valence-electron chi connectivity index (χ3n) is 2.67. The number of hydrogen-bond acceptors (Lipinski definition) is 4. The highest BCUT2D eigenvalue weighted by Gasteiger charge is 2.11. The second-order valence-corrected chi connectivity index (χ2v) is 3.92. The van der Waals surface area contributed by atoms with E-state index in [1.165, 1.54) is 12.1 Å². The molecule has 6 nitrogen and oxygen atoms in total. The summed E-state index contributed by atoms with van der Waals surface area (Å²) in [5.74, 6) is 0.0489. The highest BCUT2D eigenvalue weighted by molar-refractivity contribution is 6.07. The molecule has 3 rings (SSSR count). The van der Waals surface area contributed by atoms with Gasteiger partial charge in [-0.1, -0.05) is 12.1 Å². The summed E-state index contributed by atoms with van der Waals surface area (Å²) < 4.78 is 4.64. The van der Waals surface area contributed by atoms with Crippen molar-refractivity contribution < 1.29 is 9.21 Å². The van der Waals surface area contributed by atoms with Gasteiger partial charge in [0.25, 0.3) is 5.91 Å². The summed E-state index contributed by atoms with van der Waals surface area (Å²) in [4.78, 5) is 22.8. The average molecular weight is 255 g/mol. The first-order chi connectivity index (χ1) is 9.24. The Labute approximate surface area is 107 Å². The van der Waals surface area contributed by atoms with Crippen molar-refractivity contribution in [3.63, 3.8) is 0 Å². The predicted octanol–water partition coefficient (Wildman–Crippen LogP) is 1.77. The molecule has 2 aromatic heterocycles. The first-order valence-corrected chi connectivity index (χ1v) is 5.57. The van der Waals surface area contributed by atoms with E-state index in [0.29, 0.717) is 5.82 Å². The summed E-state index contributed by atoms with van der Waals surface area (Å²) in [7, 11) is 0. The molecular weight excluding hydrogens is 246 g/mol. The second-order valence-electron chi connectivity index (χ2n) is 3.92. The zero-order valence-corrected chi connectivity index (χ0v) is 9.71. The normalized spacial score (nSPS) is 10.5. The first kappa shape index (κ1) is 11.2. The number of rotatable bonds is 2. The van der Waals surface area contributed by atoms with Crippen LogP contribution in [0, 0.1) is 0 Å². The molecule has 0 aliphatic carbocycles. The van der Waals surface area contributed by atoms with Crippen molar-refractivity contribution in [2.45, 2.75) is 0 Å². The van der Waals surface area contributed by atoms with Crippen LogP contribution in [0.5, 0.6) is 0 Å². The Morgan fingerprint density at radius 3 is 2.84 bits per heavy atom. The van der Waals surface area contributed by atoms with Crippen molar-refractivity contribution in [1.82, 2.24) is 10.2 Å². The van der Waals surface area contributed by atoms with Crippen LogP contribution in [0.3, 0.4) is 0 Å². The maximum Gasteiger partial charge on any atom is 0.335 e. The SMILES string of the molecule is O=C(Nc1n[nH]c2ccccc12)c1ccc(=O)oc1. The van der Waals surface area contributed by atoms with Gasteiger partial charge >= 0.3 is 5.63 Å². The minimum Gasteiger partial charge on any atom is -0.430 e. The van der Waals surface area contributed by atoms with Gasteiger partial charge in [-0.3, -0.25) is 9.89 Å². The molecule has 2 heterocycles. The Balaban J connectivity index is 1.90. The van der Waals surface area contributed by atoms with Crippen LogP contribution in [-0.4, -0.2) is 16.1 Å². The Hall–Kier alpha value is -2.89. The quantitative estimate of drug-likeness (QED) is 0.730. The van der Waals surface area contributed by atoms with E-state index in [0.717, 1.165) is 17.2 Å². The van der Waals surface area contributed by atoms with E-state index < -0.39 is 5.63 Å². The monoisotopic (exact) mass is 255 g/mol. The van der Waals surface area contributed by atoms with Crippen molar-refractivity contribution in [3.8, 4) is 0 Å². The van der Waals surface area contributed by atoms with Crippen LogP contribution >= 0.6 is 0 Å². The number of aromatic nitrogens is 2. The molecule has 0 aliphatic heterocycles. The van der Waals surface area contributed by atoms with Gasteiger partial charge in [0.1, 0.15) is 6.26 Å². The van der Waals surface area contributed by atoms with Gasteiger partial charge in [0, 0.05) is 11.5 Å². The van der Waals surface area contributed by atoms with Crippen molar-refractivity contribution in [3.05, 3.63) is 58.6 Å². The smallest absolute Gasteiger partial charge is 0.335 e. The van der Waals surface area contributed by atoms with Gasteiger partial charge in [0.2, 0.25) is 0 Å². The van der Waals surface area contributed by atoms with Gasteiger partial charge in [-0.05, 0) is 18.2 Å². The second kappa shape index (κ2) is 4.41. The van der Waals surface area contributed by atoms with E-state index in [4.69, 9.17) is 0 Å². The van der Waals surface area contributed by atoms with Crippen LogP contribution in [0.4, 0.5) is 5.82 Å². The lowest BCUT2D eigenvalue weighted by atomic mass is 10.2. The number of carbonyl (C=O) groups is 1. The number of nitrogens with one attached hydrogen (secondary N) is 2. The molecule has 0 fully saturated rings. The summed E-state index contributed by atoms with van der Waals surface area (Å²) >= 11 is 0. The molecule has 1 aromatic carbocycles. The lowest BCUT2D eigenvalue weighted by Gasteiger charge is -2.01. The average Bonchev–Trinajstić information content (AvgIpc) is 2.83. The number of hydrogen-bond donors (Lipinski definition) is 2. The molecule has 0 bridgehead atoms. The summed E-state index contributed by atoms with van der Waals surface area (Å²) in [6.07, 6.45) is 1.12. The number of aromatic amines is 1. The topological polar surface area (TPSA) is 88.0 Å². The molecule has 0 saturated heterocycles. The number of amides is 1. The molecule has 0 unspecified atom stereocenters. The van der Waals surface area contributed by atoms with Gasteiger partial charge in [0.15, 0.2) is 5.82 Å². The fraction of sp³-hybridized carbons (Fsp3) is 0. The summed E-state index contributed by atoms with van der Waals surface area (Å²) in [6, 6.07) is 10.0. The van der Waals surface area contributed by atoms with Crippen LogP contribution in [-0.2, 0) is 0 Å². The van der Waals surface area contributed by atoms with Crippen LogP contribution in [0.25, 0.3) is 10.9 Å². The molecule has 0 atom stereocenters. The maximum absolute atomic E-state index is 11.9. The third kappa shape index (κ3) is 2.11. The van der Waals surface area contributed by atoms with E-state index in [9.17, 15) is 9.59 Å². The van der Waals surface area contributed by atoms with Gasteiger partial charge in [-0.15, -0.1) is 0 Å². The molecule has 0 aliphatic rings. The molecule has 1 amide bonds. The van der Waals surface area contributed by atoms with E-state index in [1.807, 2.05) is 24.3 Å². The Kier molecular flexibility index (Phi) is 2.60. The number of nitrogens with zero attached hydrogens (tertiary/aromatic N) is 1. The standard InChI is InChI=1S/C13H9N3O3/c17-11-6-5-8(7-19-11)13(18)14-12-9-3-1-2-4-10(9)15-16-12/h1-7H,(H2,14,15,16,18). The molecule has 0 spiro atoms. The molecule has 0 radical (unpaired) electrons. The minimum absolute atomic E-state index is 0.256. The first-order valence-electron chi connectivity index (χ1n) is 5.57. The summed E-state index contributed by atoms with van der Waals surface area (Å²) in [6.45, 7) is 0. The molecule has 3 aromatic rings. The number of H-pyrrole nitrogens is 1. The number of fused-ring (bicyclic) bond motifs is 1. The van der Waals surface area contributed by atoms with Crippen molar-refractivity contribution in [2.75, 3.05) is 5.32 Å². The number of carbonyl (C=O) groups excluding carboxylic acids is 1. The van der Waals surface area contributed by atoms with Crippen LogP contribution in [0.2, 0.25) is 0 Å². The van der Waals surface area contributed by atoms with E-state index >= 15 is 0 Å². The van der Waals surface area contributed by atoms with E-state index in [1.54, 1.807) is 0 Å². The highest BCUT2D eigenvalue weighted by Crippen LogP contribution is 2.19. The summed E-state index contributed by atoms with van der Waals surface area (Å²) in [5, 5.41) is 10.3. The van der Waals surface area contributed by atoms with Gasteiger partial charge in [-0.25, -0.2) is 4.79 Å². The maximum atomic E-state index is 11.9. The zero-order chi connectivity index (χ0) is 13.2. The lowest BCUT2D eigenvalue weighted by Crippen LogP contribution is -2.13. The van der Waals surface area contributed by atoms with Crippen molar-refractivity contribution in [1.29, 1.82) is 0 Å². The highest BCUT2D eigenvalue weighted by atomic mass is 16.4. The Morgan fingerprint density at radius 1 is 1.21 bits per heavy atom. The largest absolute Gasteiger partial charge is 0.430 e. The molecule has 6 heteroatoms. The molecule has 0 saturated carbocycles. The van der Waals surface area contributed by atoms with E-state index in [2.05, 4.69) is 19.9 Å². The Morgan fingerprint density at radius 2 is 2.05 bits per heavy atom. The van der Waals surface area contributed by atoms with Crippen LogP contribution < -0.4 is 10.9 Å². The number of benzene rings is 1.